The van der Waals surface area contributed by atoms with Crippen LogP contribution in [0, 0.1) is 6.92 Å². The molecule has 6 heteroatoms. The molecule has 0 bridgehead atoms. The van der Waals surface area contributed by atoms with Gasteiger partial charge in [0.1, 0.15) is 0 Å². The molecule has 0 spiro atoms. The van der Waals surface area contributed by atoms with E-state index in [4.69, 9.17) is 0 Å². The predicted molar refractivity (Wildman–Crippen MR) is 86.6 cm³/mol. The minimum atomic E-state index is -4.38. The van der Waals surface area contributed by atoms with E-state index in [-0.39, 0.29) is 11.2 Å². The number of carbonyl (C=O) groups is 1. The topological polar surface area (TPSA) is 29.1 Å². The zero-order valence-corrected chi connectivity index (χ0v) is 13.5. The number of aryl methyl sites for hydroxylation is 1. The normalized spacial score (nSPS) is 12.7. The molecule has 0 aliphatic heterocycles. The molecule has 0 heterocycles. The molecular formula is C17H16F3NOS. The summed E-state index contributed by atoms with van der Waals surface area (Å²) >= 11 is 1.39. The average Bonchev–Trinajstić information content (AvgIpc) is 2.49. The first-order valence-electron chi connectivity index (χ1n) is 6.97. The molecule has 0 aliphatic carbocycles. The van der Waals surface area contributed by atoms with Crippen LogP contribution < -0.4 is 5.32 Å². The van der Waals surface area contributed by atoms with Crippen molar-refractivity contribution in [2.75, 3.05) is 5.32 Å². The number of alkyl halides is 3. The first-order valence-corrected chi connectivity index (χ1v) is 7.85. The number of halogens is 3. The van der Waals surface area contributed by atoms with E-state index >= 15 is 0 Å². The Morgan fingerprint density at radius 2 is 1.61 bits per heavy atom. The van der Waals surface area contributed by atoms with Crippen LogP contribution in [0.4, 0.5) is 18.9 Å². The number of carbonyl (C=O) groups excluding carboxylic acids is 1. The Kier molecular flexibility index (Phi) is 5.36. The lowest BCUT2D eigenvalue weighted by Crippen LogP contribution is -2.22. The van der Waals surface area contributed by atoms with Crippen LogP contribution in [0.3, 0.4) is 0 Å². The molecule has 1 amide bonds. The van der Waals surface area contributed by atoms with Gasteiger partial charge in [-0.1, -0.05) is 17.7 Å². The van der Waals surface area contributed by atoms with Crippen molar-refractivity contribution in [3.8, 4) is 0 Å². The lowest BCUT2D eigenvalue weighted by molar-refractivity contribution is -0.137. The zero-order valence-electron chi connectivity index (χ0n) is 12.6. The van der Waals surface area contributed by atoms with Gasteiger partial charge in [0.2, 0.25) is 5.91 Å². The van der Waals surface area contributed by atoms with Crippen LogP contribution in [0.5, 0.6) is 0 Å². The van der Waals surface area contributed by atoms with E-state index in [1.807, 2.05) is 31.2 Å². The highest BCUT2D eigenvalue weighted by Gasteiger charge is 2.30. The van der Waals surface area contributed by atoms with Crippen molar-refractivity contribution < 1.29 is 18.0 Å². The number of anilines is 1. The third-order valence-corrected chi connectivity index (χ3v) is 4.29. The Bertz CT molecular complexity index is 666. The summed E-state index contributed by atoms with van der Waals surface area (Å²) in [6.07, 6.45) is -4.38. The standard InChI is InChI=1S/C17H16F3NOS/c1-11-3-9-15(10-4-11)23-12(2)16(22)21-14-7-5-13(6-8-14)17(18,19)20/h3-10,12H,1-2H3,(H,21,22)/t12-/m0/s1. The molecule has 0 unspecified atom stereocenters. The van der Waals surface area contributed by atoms with Crippen molar-refractivity contribution in [2.24, 2.45) is 0 Å². The summed E-state index contributed by atoms with van der Waals surface area (Å²) in [5.74, 6) is -0.254. The maximum atomic E-state index is 12.5. The smallest absolute Gasteiger partial charge is 0.325 e. The first kappa shape index (κ1) is 17.4. The molecule has 0 fully saturated rings. The summed E-state index contributed by atoms with van der Waals surface area (Å²) < 4.78 is 37.5. The van der Waals surface area contributed by atoms with E-state index in [1.165, 1.54) is 23.9 Å². The van der Waals surface area contributed by atoms with E-state index in [2.05, 4.69) is 5.32 Å². The van der Waals surface area contributed by atoms with Crippen molar-refractivity contribution in [2.45, 2.75) is 30.2 Å². The minimum absolute atomic E-state index is 0.254. The van der Waals surface area contributed by atoms with E-state index in [1.54, 1.807) is 6.92 Å². The Balaban J connectivity index is 1.96. The quantitative estimate of drug-likeness (QED) is 0.782. The Morgan fingerprint density at radius 3 is 2.13 bits per heavy atom. The highest BCUT2D eigenvalue weighted by atomic mass is 32.2. The van der Waals surface area contributed by atoms with Crippen LogP contribution in [-0.4, -0.2) is 11.2 Å². The van der Waals surface area contributed by atoms with E-state index < -0.39 is 11.7 Å². The molecule has 2 nitrogen and oxygen atoms in total. The molecule has 0 saturated carbocycles. The molecule has 23 heavy (non-hydrogen) atoms. The van der Waals surface area contributed by atoms with Crippen LogP contribution in [0.15, 0.2) is 53.4 Å². The maximum Gasteiger partial charge on any atom is 0.416 e. The molecule has 0 aromatic heterocycles. The minimum Gasteiger partial charge on any atom is -0.325 e. The Morgan fingerprint density at radius 1 is 1.04 bits per heavy atom. The van der Waals surface area contributed by atoms with Crippen LogP contribution >= 0.6 is 11.8 Å². The van der Waals surface area contributed by atoms with Gasteiger partial charge < -0.3 is 5.32 Å². The SMILES string of the molecule is Cc1ccc(S[C@@H](C)C(=O)Nc2ccc(C(F)(F)F)cc2)cc1. The summed E-state index contributed by atoms with van der Waals surface area (Å²) in [6.45, 7) is 3.74. The zero-order chi connectivity index (χ0) is 17.0. The lowest BCUT2D eigenvalue weighted by Gasteiger charge is -2.13. The van der Waals surface area contributed by atoms with Crippen LogP contribution in [-0.2, 0) is 11.0 Å². The second-order valence-corrected chi connectivity index (χ2v) is 6.55. The van der Waals surface area contributed by atoms with Crippen molar-refractivity contribution in [3.05, 3.63) is 59.7 Å². The fourth-order valence-corrected chi connectivity index (χ4v) is 2.73. The number of hydrogen-bond donors (Lipinski definition) is 1. The summed E-state index contributed by atoms with van der Waals surface area (Å²) in [5.41, 5.74) is 0.744. The third-order valence-electron chi connectivity index (χ3n) is 3.18. The monoisotopic (exact) mass is 339 g/mol. The van der Waals surface area contributed by atoms with Crippen LogP contribution in [0.1, 0.15) is 18.1 Å². The summed E-state index contributed by atoms with van der Waals surface area (Å²) in [7, 11) is 0. The maximum absolute atomic E-state index is 12.5. The highest BCUT2D eigenvalue weighted by Crippen LogP contribution is 2.30. The fourth-order valence-electron chi connectivity index (χ4n) is 1.86. The van der Waals surface area contributed by atoms with Gasteiger partial charge in [0.15, 0.2) is 0 Å². The van der Waals surface area contributed by atoms with Crippen molar-refractivity contribution in [3.63, 3.8) is 0 Å². The molecule has 1 atom stereocenters. The van der Waals surface area contributed by atoms with Gasteiger partial charge in [-0.25, -0.2) is 0 Å². The van der Waals surface area contributed by atoms with Crippen molar-refractivity contribution in [1.29, 1.82) is 0 Å². The van der Waals surface area contributed by atoms with E-state index in [0.717, 1.165) is 22.6 Å². The van der Waals surface area contributed by atoms with E-state index in [0.29, 0.717) is 5.69 Å². The van der Waals surface area contributed by atoms with E-state index in [9.17, 15) is 18.0 Å². The number of hydrogen-bond acceptors (Lipinski definition) is 2. The first-order chi connectivity index (χ1) is 10.8. The van der Waals surface area contributed by atoms with Crippen molar-refractivity contribution >= 4 is 23.4 Å². The third kappa shape index (κ3) is 5.03. The number of thioether (sulfide) groups is 1. The van der Waals surface area contributed by atoms with Crippen LogP contribution in [0.2, 0.25) is 0 Å². The lowest BCUT2D eigenvalue weighted by atomic mass is 10.2. The second-order valence-electron chi connectivity index (χ2n) is 5.14. The second kappa shape index (κ2) is 7.08. The highest BCUT2D eigenvalue weighted by molar-refractivity contribution is 8.00. The van der Waals surface area contributed by atoms with Crippen molar-refractivity contribution in [1.82, 2.24) is 0 Å². The average molecular weight is 339 g/mol. The molecule has 2 rings (SSSR count). The molecule has 0 saturated heterocycles. The van der Waals surface area contributed by atoms with Gasteiger partial charge in [-0.05, 0) is 50.2 Å². The number of nitrogens with one attached hydrogen (secondary N) is 1. The van der Waals surface area contributed by atoms with Gasteiger partial charge in [-0.15, -0.1) is 11.8 Å². The molecule has 2 aromatic rings. The van der Waals surface area contributed by atoms with Crippen LogP contribution in [0.25, 0.3) is 0 Å². The molecule has 1 N–H and O–H groups in total. The molecule has 2 aromatic carbocycles. The molecule has 122 valence electrons. The van der Waals surface area contributed by atoms with Gasteiger partial charge in [-0.3, -0.25) is 4.79 Å². The summed E-state index contributed by atoms with van der Waals surface area (Å²) in [5, 5.41) is 2.26. The fraction of sp³-hybridized carbons (Fsp3) is 0.235. The Hall–Kier alpha value is -1.95. The number of rotatable bonds is 4. The van der Waals surface area contributed by atoms with Gasteiger partial charge in [0.05, 0.1) is 10.8 Å². The summed E-state index contributed by atoms with van der Waals surface area (Å²) in [4.78, 5) is 13.1. The number of amides is 1. The summed E-state index contributed by atoms with van der Waals surface area (Å²) in [6, 6.07) is 12.2. The van der Waals surface area contributed by atoms with Gasteiger partial charge in [-0.2, -0.15) is 13.2 Å². The van der Waals surface area contributed by atoms with Gasteiger partial charge >= 0.3 is 6.18 Å². The molecular weight excluding hydrogens is 323 g/mol. The largest absolute Gasteiger partial charge is 0.416 e. The molecule has 0 radical (unpaired) electrons. The Labute approximate surface area is 137 Å². The van der Waals surface area contributed by atoms with Gasteiger partial charge in [0.25, 0.3) is 0 Å². The van der Waals surface area contributed by atoms with Gasteiger partial charge in [0, 0.05) is 10.6 Å². The predicted octanol–water partition coefficient (Wildman–Crippen LogP) is 5.13. The number of benzene rings is 2. The molecule has 0 aliphatic rings.